The third-order valence-electron chi connectivity index (χ3n) is 2.79. The van der Waals surface area contributed by atoms with Gasteiger partial charge >= 0.3 is 0 Å². The van der Waals surface area contributed by atoms with E-state index in [9.17, 15) is 5.11 Å². The Morgan fingerprint density at radius 1 is 1.74 bits per heavy atom. The van der Waals surface area contributed by atoms with E-state index in [-0.39, 0.29) is 11.5 Å². The van der Waals surface area contributed by atoms with Crippen molar-refractivity contribution >= 4 is 27.5 Å². The number of alkyl halides is 1. The van der Waals surface area contributed by atoms with Crippen LogP contribution in [0.1, 0.15) is 26.2 Å². The summed E-state index contributed by atoms with van der Waals surface area (Å²) in [5, 5.41) is 9.90. The number of aliphatic hydroxyl groups is 1. The van der Waals surface area contributed by atoms with E-state index >= 15 is 0 Å². The van der Waals surface area contributed by atoms with Gasteiger partial charge in [0, 0.05) is 10.9 Å². The lowest BCUT2D eigenvalue weighted by Gasteiger charge is -2.28. The van der Waals surface area contributed by atoms with E-state index in [0.29, 0.717) is 18.6 Å². The van der Waals surface area contributed by atoms with Gasteiger partial charge in [0.15, 0.2) is 0 Å². The molecule has 0 fully saturated rings. The zero-order chi connectivity index (χ0) is 14.3. The number of aliphatic hydroxyl groups excluding tert-OH is 1. The van der Waals surface area contributed by atoms with Gasteiger partial charge < -0.3 is 9.84 Å². The van der Waals surface area contributed by atoms with Crippen molar-refractivity contribution in [2.24, 2.45) is 0 Å². The average molecular weight is 346 g/mol. The molecule has 0 aromatic heterocycles. The van der Waals surface area contributed by atoms with Crippen LogP contribution in [0.2, 0.25) is 0 Å². The van der Waals surface area contributed by atoms with E-state index in [0.717, 1.165) is 10.9 Å². The van der Waals surface area contributed by atoms with Gasteiger partial charge in [0.05, 0.1) is 5.38 Å². The SMILES string of the molecule is C#CC=CCC1OC(=C(Br)CC)C(O)C=CCC1Cl. The Morgan fingerprint density at radius 2 is 2.47 bits per heavy atom. The molecule has 0 amide bonds. The molecule has 0 bridgehead atoms. The summed E-state index contributed by atoms with van der Waals surface area (Å²) in [5.74, 6) is 2.97. The Balaban J connectivity index is 2.94. The predicted octanol–water partition coefficient (Wildman–Crippen LogP) is 3.90. The van der Waals surface area contributed by atoms with Crippen molar-refractivity contribution in [3.05, 3.63) is 34.5 Å². The number of rotatable bonds is 3. The number of hydrogen-bond acceptors (Lipinski definition) is 2. The first kappa shape index (κ1) is 16.4. The molecular formula is C15H18BrClO2. The topological polar surface area (TPSA) is 29.5 Å². The molecule has 0 saturated heterocycles. The van der Waals surface area contributed by atoms with Crippen molar-refractivity contribution in [2.75, 3.05) is 0 Å². The van der Waals surface area contributed by atoms with E-state index in [1.165, 1.54) is 0 Å². The maximum Gasteiger partial charge on any atom is 0.139 e. The Bertz CT molecular complexity index is 420. The van der Waals surface area contributed by atoms with E-state index in [4.69, 9.17) is 22.8 Å². The van der Waals surface area contributed by atoms with Crippen molar-refractivity contribution in [2.45, 2.75) is 43.8 Å². The standard InChI is InChI=1S/C15H18BrClO2/c1-3-5-6-10-14-12(17)8-7-9-13(18)15(19-14)11(16)4-2/h1,5-7,9,12-14,18H,4,8,10H2,2H3. The molecule has 0 aliphatic carbocycles. The van der Waals surface area contributed by atoms with Crippen LogP contribution in [-0.4, -0.2) is 22.7 Å². The summed E-state index contributed by atoms with van der Waals surface area (Å²) >= 11 is 9.75. The van der Waals surface area contributed by atoms with E-state index in [1.807, 2.05) is 19.1 Å². The van der Waals surface area contributed by atoms with Crippen LogP contribution in [0.25, 0.3) is 0 Å². The Morgan fingerprint density at radius 3 is 3.11 bits per heavy atom. The van der Waals surface area contributed by atoms with Crippen LogP contribution in [0.5, 0.6) is 0 Å². The lowest BCUT2D eigenvalue weighted by atomic mass is 10.1. The van der Waals surface area contributed by atoms with Gasteiger partial charge in [0.2, 0.25) is 0 Å². The molecule has 3 atom stereocenters. The number of ether oxygens (including phenoxy) is 1. The minimum absolute atomic E-state index is 0.154. The van der Waals surface area contributed by atoms with Crippen LogP contribution < -0.4 is 0 Å². The van der Waals surface area contributed by atoms with Gasteiger partial charge in [-0.2, -0.15) is 0 Å². The second-order valence-corrected chi connectivity index (χ2v) is 5.73. The highest BCUT2D eigenvalue weighted by Gasteiger charge is 2.25. The van der Waals surface area contributed by atoms with Gasteiger partial charge in [-0.05, 0) is 18.9 Å². The van der Waals surface area contributed by atoms with Gasteiger partial charge in [0.25, 0.3) is 0 Å². The fourth-order valence-corrected chi connectivity index (χ4v) is 2.33. The van der Waals surface area contributed by atoms with Crippen molar-refractivity contribution in [3.63, 3.8) is 0 Å². The summed E-state index contributed by atoms with van der Waals surface area (Å²) < 4.78 is 6.74. The fourth-order valence-electron chi connectivity index (χ4n) is 1.75. The number of allylic oxidation sites excluding steroid dienone is 3. The van der Waals surface area contributed by atoms with E-state index in [2.05, 4.69) is 21.9 Å². The minimum Gasteiger partial charge on any atom is -0.489 e. The first-order chi connectivity index (χ1) is 9.10. The van der Waals surface area contributed by atoms with E-state index in [1.54, 1.807) is 12.2 Å². The molecule has 1 aliphatic heterocycles. The van der Waals surface area contributed by atoms with Gasteiger partial charge in [-0.15, -0.1) is 18.0 Å². The van der Waals surface area contributed by atoms with Crippen molar-refractivity contribution in [3.8, 4) is 12.3 Å². The summed E-state index contributed by atoms with van der Waals surface area (Å²) in [4.78, 5) is 0. The van der Waals surface area contributed by atoms with Gasteiger partial charge in [-0.1, -0.05) is 47.0 Å². The summed E-state index contributed by atoms with van der Waals surface area (Å²) in [6.45, 7) is 1.99. The molecule has 0 saturated carbocycles. The Labute approximate surface area is 128 Å². The van der Waals surface area contributed by atoms with Crippen LogP contribution in [-0.2, 0) is 4.74 Å². The first-order valence-corrected chi connectivity index (χ1v) is 7.48. The molecule has 0 aromatic carbocycles. The summed E-state index contributed by atoms with van der Waals surface area (Å²) in [6, 6.07) is 0. The normalized spacial score (nSPS) is 30.4. The molecule has 3 unspecified atom stereocenters. The molecule has 19 heavy (non-hydrogen) atoms. The number of terminal acetylenes is 1. The van der Waals surface area contributed by atoms with Crippen molar-refractivity contribution in [1.82, 2.24) is 0 Å². The zero-order valence-corrected chi connectivity index (χ0v) is 13.2. The molecule has 0 aromatic rings. The molecule has 4 heteroatoms. The third kappa shape index (κ3) is 5.06. The molecule has 2 nitrogen and oxygen atoms in total. The second kappa shape index (κ2) is 8.47. The molecule has 0 spiro atoms. The highest BCUT2D eigenvalue weighted by molar-refractivity contribution is 9.11. The summed E-state index contributed by atoms with van der Waals surface area (Å²) in [6.07, 6.45) is 13.3. The molecule has 1 N–H and O–H groups in total. The van der Waals surface area contributed by atoms with Crippen LogP contribution in [0.15, 0.2) is 34.5 Å². The monoisotopic (exact) mass is 344 g/mol. The van der Waals surface area contributed by atoms with Crippen LogP contribution in [0.4, 0.5) is 0 Å². The molecule has 104 valence electrons. The third-order valence-corrected chi connectivity index (χ3v) is 4.20. The largest absolute Gasteiger partial charge is 0.489 e. The maximum atomic E-state index is 10.1. The maximum absolute atomic E-state index is 10.1. The van der Waals surface area contributed by atoms with Gasteiger partial charge in [-0.3, -0.25) is 0 Å². The highest BCUT2D eigenvalue weighted by atomic mass is 79.9. The highest BCUT2D eigenvalue weighted by Crippen LogP contribution is 2.28. The van der Waals surface area contributed by atoms with Gasteiger partial charge in [-0.25, -0.2) is 0 Å². The van der Waals surface area contributed by atoms with Crippen molar-refractivity contribution in [1.29, 1.82) is 0 Å². The average Bonchev–Trinajstić information content (AvgIpc) is 2.40. The lowest BCUT2D eigenvalue weighted by Crippen LogP contribution is -2.28. The lowest BCUT2D eigenvalue weighted by molar-refractivity contribution is 0.0630. The predicted molar refractivity (Wildman–Crippen MR) is 83.1 cm³/mol. The molecule has 1 rings (SSSR count). The summed E-state index contributed by atoms with van der Waals surface area (Å²) in [7, 11) is 0. The van der Waals surface area contributed by atoms with Crippen molar-refractivity contribution < 1.29 is 9.84 Å². The van der Waals surface area contributed by atoms with Crippen LogP contribution in [0.3, 0.4) is 0 Å². The first-order valence-electron chi connectivity index (χ1n) is 6.25. The smallest absolute Gasteiger partial charge is 0.139 e. The molecule has 1 aliphatic rings. The molecule has 0 radical (unpaired) electrons. The Kier molecular flexibility index (Phi) is 7.30. The van der Waals surface area contributed by atoms with Gasteiger partial charge in [0.1, 0.15) is 18.0 Å². The second-order valence-electron chi connectivity index (χ2n) is 4.21. The number of hydrogen-bond donors (Lipinski definition) is 1. The van der Waals surface area contributed by atoms with Crippen LogP contribution in [0, 0.1) is 12.3 Å². The fraction of sp³-hybridized carbons (Fsp3) is 0.467. The summed E-state index contributed by atoms with van der Waals surface area (Å²) in [5.41, 5.74) is 0. The van der Waals surface area contributed by atoms with Crippen LogP contribution >= 0.6 is 27.5 Å². The minimum atomic E-state index is -0.738. The Hall–Kier alpha value is -0.690. The zero-order valence-electron chi connectivity index (χ0n) is 10.9. The quantitative estimate of drug-likeness (QED) is 0.477. The molecule has 1 heterocycles. The molecular weight excluding hydrogens is 328 g/mol. The number of halogens is 2. The van der Waals surface area contributed by atoms with E-state index < -0.39 is 6.10 Å².